The number of pyridine rings is 1. The first-order valence-corrected chi connectivity index (χ1v) is 6.40. The largest absolute Gasteiger partial charge is 0.417 e. The lowest BCUT2D eigenvalue weighted by molar-refractivity contribution is -0.137. The molecule has 0 saturated heterocycles. The third kappa shape index (κ3) is 3.97. The number of carbonyl (C=O) groups excluding carboxylic acids is 1. The van der Waals surface area contributed by atoms with Crippen LogP contribution in [0.25, 0.3) is 0 Å². The van der Waals surface area contributed by atoms with Crippen LogP contribution in [0, 0.1) is 0 Å². The number of amides is 1. The predicted molar refractivity (Wildman–Crippen MR) is 64.6 cm³/mol. The summed E-state index contributed by atoms with van der Waals surface area (Å²) < 4.78 is 36.9. The summed E-state index contributed by atoms with van der Waals surface area (Å²) in [6.45, 7) is 1.90. The lowest BCUT2D eigenvalue weighted by Crippen LogP contribution is -2.35. The fourth-order valence-corrected chi connectivity index (χ4v) is 1.82. The Labute approximate surface area is 111 Å². The molecule has 3 nitrogen and oxygen atoms in total. The zero-order chi connectivity index (χ0) is 13.8. The molecule has 1 amide bonds. The fourth-order valence-electron chi connectivity index (χ4n) is 1.20. The first-order chi connectivity index (χ1) is 8.38. The van der Waals surface area contributed by atoms with Gasteiger partial charge < -0.3 is 5.32 Å². The van der Waals surface area contributed by atoms with Crippen molar-refractivity contribution in [2.24, 2.45) is 0 Å². The van der Waals surface area contributed by atoms with E-state index >= 15 is 0 Å². The van der Waals surface area contributed by atoms with E-state index in [9.17, 15) is 18.0 Å². The Kier molecular flexibility index (Phi) is 5.13. The summed E-state index contributed by atoms with van der Waals surface area (Å²) in [5, 5.41) is 3.24. The van der Waals surface area contributed by atoms with Crippen molar-refractivity contribution in [3.8, 4) is 0 Å². The molecule has 0 radical (unpaired) electrons. The quantitative estimate of drug-likeness (QED) is 0.865. The molecule has 1 rings (SSSR count). The number of hydrogen-bond acceptors (Lipinski definition) is 2. The SMILES string of the molecule is CCC(CBr)NC(=O)c1ccc(C(F)(F)F)cn1. The number of carbonyl (C=O) groups is 1. The van der Waals surface area contributed by atoms with Gasteiger partial charge in [0, 0.05) is 17.6 Å². The molecule has 1 N–H and O–H groups in total. The van der Waals surface area contributed by atoms with Gasteiger partial charge in [0.2, 0.25) is 0 Å². The third-order valence-electron chi connectivity index (χ3n) is 2.34. The summed E-state index contributed by atoms with van der Waals surface area (Å²) in [7, 11) is 0. The molecule has 0 fully saturated rings. The van der Waals surface area contributed by atoms with Gasteiger partial charge >= 0.3 is 6.18 Å². The van der Waals surface area contributed by atoms with Crippen LogP contribution in [0.15, 0.2) is 18.3 Å². The molecule has 1 heterocycles. The molecule has 0 aliphatic carbocycles. The molecule has 0 saturated carbocycles. The molecule has 0 aromatic carbocycles. The number of alkyl halides is 4. The first kappa shape index (κ1) is 14.9. The van der Waals surface area contributed by atoms with Gasteiger partial charge in [0.1, 0.15) is 5.69 Å². The van der Waals surface area contributed by atoms with Crippen LogP contribution in [0.5, 0.6) is 0 Å². The van der Waals surface area contributed by atoms with Gasteiger partial charge in [-0.05, 0) is 18.6 Å². The molecular weight excluding hydrogens is 313 g/mol. The number of halogens is 4. The molecular formula is C11H12BrF3N2O. The maximum Gasteiger partial charge on any atom is 0.417 e. The van der Waals surface area contributed by atoms with E-state index in [0.717, 1.165) is 18.6 Å². The van der Waals surface area contributed by atoms with E-state index in [1.54, 1.807) is 0 Å². The Morgan fingerprint density at radius 1 is 1.50 bits per heavy atom. The highest BCUT2D eigenvalue weighted by Gasteiger charge is 2.30. The predicted octanol–water partition coefficient (Wildman–Crippen LogP) is 3.00. The van der Waals surface area contributed by atoms with Crippen molar-refractivity contribution < 1.29 is 18.0 Å². The van der Waals surface area contributed by atoms with Gasteiger partial charge in [0.25, 0.3) is 5.91 Å². The Morgan fingerprint density at radius 2 is 2.17 bits per heavy atom. The molecule has 1 unspecified atom stereocenters. The van der Waals surface area contributed by atoms with Crippen molar-refractivity contribution in [3.05, 3.63) is 29.6 Å². The van der Waals surface area contributed by atoms with Crippen LogP contribution < -0.4 is 5.32 Å². The Hall–Kier alpha value is -1.11. The number of nitrogens with zero attached hydrogens (tertiary/aromatic N) is 1. The van der Waals surface area contributed by atoms with E-state index < -0.39 is 17.6 Å². The second-order valence-corrected chi connectivity index (χ2v) is 4.31. The van der Waals surface area contributed by atoms with Gasteiger partial charge in [0.05, 0.1) is 5.56 Å². The van der Waals surface area contributed by atoms with E-state index in [1.165, 1.54) is 0 Å². The van der Waals surface area contributed by atoms with Crippen molar-refractivity contribution >= 4 is 21.8 Å². The van der Waals surface area contributed by atoms with Crippen LogP contribution in [0.3, 0.4) is 0 Å². The average molecular weight is 325 g/mol. The third-order valence-corrected chi connectivity index (χ3v) is 3.12. The minimum absolute atomic E-state index is 0.0256. The van der Waals surface area contributed by atoms with Crippen molar-refractivity contribution in [2.45, 2.75) is 25.6 Å². The second kappa shape index (κ2) is 6.17. The van der Waals surface area contributed by atoms with Crippen molar-refractivity contribution in [1.82, 2.24) is 10.3 Å². The van der Waals surface area contributed by atoms with Crippen molar-refractivity contribution in [3.63, 3.8) is 0 Å². The number of hydrogen-bond donors (Lipinski definition) is 1. The lowest BCUT2D eigenvalue weighted by Gasteiger charge is -2.13. The molecule has 1 atom stereocenters. The van der Waals surface area contributed by atoms with Gasteiger partial charge in [-0.1, -0.05) is 22.9 Å². The van der Waals surface area contributed by atoms with Crippen LogP contribution in [0.1, 0.15) is 29.4 Å². The van der Waals surface area contributed by atoms with Crippen molar-refractivity contribution in [2.75, 3.05) is 5.33 Å². The maximum atomic E-state index is 12.3. The summed E-state index contributed by atoms with van der Waals surface area (Å²) in [6, 6.07) is 1.84. The van der Waals surface area contributed by atoms with Crippen LogP contribution in [0.2, 0.25) is 0 Å². The van der Waals surface area contributed by atoms with Gasteiger partial charge in [-0.3, -0.25) is 9.78 Å². The van der Waals surface area contributed by atoms with Gasteiger partial charge in [-0.2, -0.15) is 13.2 Å². The molecule has 18 heavy (non-hydrogen) atoms. The summed E-state index contributed by atoms with van der Waals surface area (Å²) in [5.41, 5.74) is -0.894. The normalized spacial score (nSPS) is 13.2. The molecule has 7 heteroatoms. The topological polar surface area (TPSA) is 42.0 Å². The Morgan fingerprint density at radius 3 is 2.56 bits per heavy atom. The summed E-state index contributed by atoms with van der Waals surface area (Å²) in [6.07, 6.45) is -3.06. The highest BCUT2D eigenvalue weighted by Crippen LogP contribution is 2.28. The second-order valence-electron chi connectivity index (χ2n) is 3.66. The fraction of sp³-hybridized carbons (Fsp3) is 0.455. The van der Waals surface area contributed by atoms with E-state index in [2.05, 4.69) is 26.2 Å². The van der Waals surface area contributed by atoms with Crippen LogP contribution >= 0.6 is 15.9 Å². The zero-order valence-electron chi connectivity index (χ0n) is 9.59. The van der Waals surface area contributed by atoms with Crippen LogP contribution in [-0.2, 0) is 6.18 Å². The smallest absolute Gasteiger partial charge is 0.347 e. The number of aromatic nitrogens is 1. The zero-order valence-corrected chi connectivity index (χ0v) is 11.2. The van der Waals surface area contributed by atoms with E-state index in [4.69, 9.17) is 0 Å². The van der Waals surface area contributed by atoms with Gasteiger partial charge in [-0.25, -0.2) is 0 Å². The molecule has 0 aliphatic heterocycles. The summed E-state index contributed by atoms with van der Waals surface area (Å²) >= 11 is 3.23. The van der Waals surface area contributed by atoms with Crippen LogP contribution in [-0.4, -0.2) is 22.3 Å². The standard InChI is InChI=1S/C11H12BrF3N2O/c1-2-8(5-12)17-10(18)9-4-3-7(6-16-9)11(13,14)15/h3-4,6,8H,2,5H2,1H3,(H,17,18). The Bertz CT molecular complexity index is 402. The molecule has 100 valence electrons. The first-order valence-electron chi connectivity index (χ1n) is 5.28. The number of rotatable bonds is 4. The number of nitrogens with one attached hydrogen (secondary N) is 1. The minimum atomic E-state index is -4.44. The molecule has 0 spiro atoms. The van der Waals surface area contributed by atoms with E-state index in [0.29, 0.717) is 11.5 Å². The van der Waals surface area contributed by atoms with Gasteiger partial charge in [-0.15, -0.1) is 0 Å². The van der Waals surface area contributed by atoms with Crippen LogP contribution in [0.4, 0.5) is 13.2 Å². The molecule has 1 aromatic rings. The lowest BCUT2D eigenvalue weighted by atomic mass is 10.2. The van der Waals surface area contributed by atoms with Crippen molar-refractivity contribution in [1.29, 1.82) is 0 Å². The summed E-state index contributed by atoms with van der Waals surface area (Å²) in [5.74, 6) is -0.477. The highest BCUT2D eigenvalue weighted by molar-refractivity contribution is 9.09. The van der Waals surface area contributed by atoms with E-state index in [-0.39, 0.29) is 11.7 Å². The molecule has 0 bridgehead atoms. The maximum absolute atomic E-state index is 12.3. The minimum Gasteiger partial charge on any atom is -0.347 e. The molecule has 0 aliphatic rings. The van der Waals surface area contributed by atoms with Gasteiger partial charge in [0.15, 0.2) is 0 Å². The van der Waals surface area contributed by atoms with E-state index in [1.807, 2.05) is 6.92 Å². The average Bonchev–Trinajstić information content (AvgIpc) is 2.34. The summed E-state index contributed by atoms with van der Waals surface area (Å²) in [4.78, 5) is 15.2. The Balaban J connectivity index is 2.76. The highest BCUT2D eigenvalue weighted by atomic mass is 79.9. The monoisotopic (exact) mass is 324 g/mol. The molecule has 1 aromatic heterocycles.